The van der Waals surface area contributed by atoms with Crippen molar-refractivity contribution in [3.8, 4) is 11.6 Å². The van der Waals surface area contributed by atoms with Gasteiger partial charge in [0.2, 0.25) is 0 Å². The molecule has 4 heterocycles. The van der Waals surface area contributed by atoms with Gasteiger partial charge >= 0.3 is 0 Å². The number of aryl methyl sites for hydroxylation is 3. The SMILES string of the molecule is Cc1cccc(-n2cc3c(n2)CCC2CCc4nn(-c5cc(CS)ccn5)cc4C32)n1. The van der Waals surface area contributed by atoms with Crippen molar-refractivity contribution in [2.24, 2.45) is 5.92 Å². The third kappa shape index (κ3) is 3.19. The van der Waals surface area contributed by atoms with Crippen molar-refractivity contribution < 1.29 is 0 Å². The average molecular weight is 429 g/mol. The summed E-state index contributed by atoms with van der Waals surface area (Å²) in [4.78, 5) is 9.21. The van der Waals surface area contributed by atoms with E-state index in [4.69, 9.17) is 10.2 Å². The minimum Gasteiger partial charge on any atom is -0.237 e. The third-order valence-corrected chi connectivity index (χ3v) is 6.99. The van der Waals surface area contributed by atoms with Crippen molar-refractivity contribution in [1.29, 1.82) is 0 Å². The van der Waals surface area contributed by atoms with E-state index in [1.54, 1.807) is 0 Å². The molecule has 6 nitrogen and oxygen atoms in total. The molecule has 2 aliphatic rings. The van der Waals surface area contributed by atoms with Gasteiger partial charge < -0.3 is 0 Å². The van der Waals surface area contributed by atoms with Gasteiger partial charge in [0, 0.05) is 47.1 Å². The summed E-state index contributed by atoms with van der Waals surface area (Å²) in [5.41, 5.74) is 7.19. The summed E-state index contributed by atoms with van der Waals surface area (Å²) >= 11 is 4.40. The average Bonchev–Trinajstić information content (AvgIpc) is 3.43. The Kier molecular flexibility index (Phi) is 4.45. The summed E-state index contributed by atoms with van der Waals surface area (Å²) in [5, 5.41) is 9.85. The Morgan fingerprint density at radius 2 is 1.68 bits per heavy atom. The summed E-state index contributed by atoms with van der Waals surface area (Å²) < 4.78 is 3.90. The Balaban J connectivity index is 1.43. The lowest BCUT2D eigenvalue weighted by atomic mass is 9.69. The van der Waals surface area contributed by atoms with Crippen molar-refractivity contribution >= 4 is 12.6 Å². The molecule has 0 amide bonds. The maximum absolute atomic E-state index is 4.93. The summed E-state index contributed by atoms with van der Waals surface area (Å²) in [5.74, 6) is 3.40. The molecule has 0 aliphatic heterocycles. The van der Waals surface area contributed by atoms with Crippen LogP contribution in [0.2, 0.25) is 0 Å². The fourth-order valence-corrected chi connectivity index (χ4v) is 5.32. The Hall–Kier alpha value is -2.93. The molecule has 31 heavy (non-hydrogen) atoms. The van der Waals surface area contributed by atoms with E-state index in [9.17, 15) is 0 Å². The first-order chi connectivity index (χ1) is 15.2. The summed E-state index contributed by atoms with van der Waals surface area (Å²) in [6, 6.07) is 10.1. The molecular formula is C24H24N6S. The molecule has 0 radical (unpaired) electrons. The molecule has 0 fully saturated rings. The van der Waals surface area contributed by atoms with Gasteiger partial charge in [-0.1, -0.05) is 6.07 Å². The fourth-order valence-electron chi connectivity index (χ4n) is 5.13. The molecule has 2 unspecified atom stereocenters. The van der Waals surface area contributed by atoms with Crippen molar-refractivity contribution in [3.05, 3.63) is 82.7 Å². The van der Waals surface area contributed by atoms with E-state index in [1.165, 1.54) is 35.4 Å². The summed E-state index contributed by atoms with van der Waals surface area (Å²) in [6.45, 7) is 2.02. The zero-order chi connectivity index (χ0) is 20.9. The van der Waals surface area contributed by atoms with Crippen molar-refractivity contribution in [2.75, 3.05) is 0 Å². The van der Waals surface area contributed by atoms with Crippen LogP contribution in [-0.4, -0.2) is 29.5 Å². The van der Waals surface area contributed by atoms with Crippen LogP contribution in [0.1, 0.15) is 52.5 Å². The second-order valence-corrected chi connectivity index (χ2v) is 8.90. The second kappa shape index (κ2) is 7.34. The van der Waals surface area contributed by atoms with Gasteiger partial charge in [-0.3, -0.25) is 0 Å². The van der Waals surface area contributed by atoms with Crippen LogP contribution in [-0.2, 0) is 18.6 Å². The van der Waals surface area contributed by atoms with E-state index in [2.05, 4.69) is 41.1 Å². The van der Waals surface area contributed by atoms with Crippen molar-refractivity contribution in [3.63, 3.8) is 0 Å². The number of thiol groups is 1. The molecule has 2 atom stereocenters. The quantitative estimate of drug-likeness (QED) is 0.496. The molecule has 2 aliphatic carbocycles. The maximum Gasteiger partial charge on any atom is 0.153 e. The molecule has 0 saturated heterocycles. The minimum atomic E-state index is 0.341. The maximum atomic E-state index is 4.93. The third-order valence-electron chi connectivity index (χ3n) is 6.63. The van der Waals surface area contributed by atoms with Gasteiger partial charge in [0.25, 0.3) is 0 Å². The lowest BCUT2D eigenvalue weighted by Gasteiger charge is -2.34. The molecule has 0 spiro atoms. The number of fused-ring (bicyclic) bond motifs is 5. The van der Waals surface area contributed by atoms with Gasteiger partial charge in [-0.2, -0.15) is 22.8 Å². The highest BCUT2D eigenvalue weighted by molar-refractivity contribution is 7.79. The number of rotatable bonds is 3. The highest BCUT2D eigenvalue weighted by Gasteiger charge is 2.38. The summed E-state index contributed by atoms with van der Waals surface area (Å²) in [7, 11) is 0. The van der Waals surface area contributed by atoms with Gasteiger partial charge in [-0.15, -0.1) is 0 Å². The second-order valence-electron chi connectivity index (χ2n) is 8.58. The van der Waals surface area contributed by atoms with Crippen LogP contribution >= 0.6 is 12.6 Å². The normalized spacial score (nSPS) is 19.5. The van der Waals surface area contributed by atoms with Crippen LogP contribution in [0.5, 0.6) is 0 Å². The van der Waals surface area contributed by atoms with Crippen LogP contribution in [0.4, 0.5) is 0 Å². The van der Waals surface area contributed by atoms with Crippen LogP contribution in [0.3, 0.4) is 0 Å². The Morgan fingerprint density at radius 1 is 0.968 bits per heavy atom. The van der Waals surface area contributed by atoms with Crippen LogP contribution in [0.15, 0.2) is 48.9 Å². The molecule has 0 aromatic carbocycles. The van der Waals surface area contributed by atoms with Gasteiger partial charge in [-0.05, 0) is 68.4 Å². The zero-order valence-corrected chi connectivity index (χ0v) is 18.3. The van der Waals surface area contributed by atoms with E-state index in [1.807, 2.05) is 46.7 Å². The zero-order valence-electron chi connectivity index (χ0n) is 17.4. The van der Waals surface area contributed by atoms with E-state index < -0.39 is 0 Å². The monoisotopic (exact) mass is 428 g/mol. The van der Waals surface area contributed by atoms with E-state index >= 15 is 0 Å². The first-order valence-electron chi connectivity index (χ1n) is 10.9. The minimum absolute atomic E-state index is 0.341. The number of nitrogens with zero attached hydrogens (tertiary/aromatic N) is 6. The van der Waals surface area contributed by atoms with Crippen molar-refractivity contribution in [2.45, 2.75) is 44.3 Å². The van der Waals surface area contributed by atoms with Gasteiger partial charge in [0.15, 0.2) is 11.6 Å². The Morgan fingerprint density at radius 3 is 2.35 bits per heavy atom. The number of pyridine rings is 2. The van der Waals surface area contributed by atoms with Gasteiger partial charge in [0.05, 0.1) is 11.4 Å². The first-order valence-corrected chi connectivity index (χ1v) is 11.5. The standard InChI is InChI=1S/C24H24N6S/c1-15-3-2-4-22(26-15)29-12-18-20(27-29)7-5-17-6-8-21-19(24(17)18)13-30(28-21)23-11-16(14-31)9-10-25-23/h2-4,9-13,17,24,31H,5-8,14H2,1H3. The largest absolute Gasteiger partial charge is 0.237 e. The molecule has 0 bridgehead atoms. The Bertz CT molecular complexity index is 1270. The number of hydrogen-bond acceptors (Lipinski definition) is 5. The van der Waals surface area contributed by atoms with E-state index in [-0.39, 0.29) is 0 Å². The molecule has 0 saturated carbocycles. The Labute approximate surface area is 186 Å². The van der Waals surface area contributed by atoms with Gasteiger partial charge in [-0.25, -0.2) is 19.3 Å². The molecule has 4 aromatic heterocycles. The first kappa shape index (κ1) is 18.8. The highest BCUT2D eigenvalue weighted by Crippen LogP contribution is 2.47. The topological polar surface area (TPSA) is 61.4 Å². The highest BCUT2D eigenvalue weighted by atomic mass is 32.1. The number of aromatic nitrogens is 6. The lowest BCUT2D eigenvalue weighted by Crippen LogP contribution is -2.25. The molecule has 7 heteroatoms. The summed E-state index contributed by atoms with van der Waals surface area (Å²) in [6.07, 6.45) is 10.6. The van der Waals surface area contributed by atoms with Crippen LogP contribution in [0, 0.1) is 12.8 Å². The lowest BCUT2D eigenvalue weighted by molar-refractivity contribution is 0.360. The molecule has 6 rings (SSSR count). The molecule has 4 aromatic rings. The number of hydrogen-bond donors (Lipinski definition) is 1. The van der Waals surface area contributed by atoms with Crippen LogP contribution in [0.25, 0.3) is 11.6 Å². The molecule has 156 valence electrons. The van der Waals surface area contributed by atoms with E-state index in [0.717, 1.165) is 35.7 Å². The van der Waals surface area contributed by atoms with Gasteiger partial charge in [0.1, 0.15) is 0 Å². The smallest absolute Gasteiger partial charge is 0.153 e. The predicted octanol–water partition coefficient (Wildman–Crippen LogP) is 4.23. The predicted molar refractivity (Wildman–Crippen MR) is 122 cm³/mol. The fraction of sp³-hybridized carbons (Fsp3) is 0.333. The molecular weight excluding hydrogens is 404 g/mol. The molecule has 0 N–H and O–H groups in total. The van der Waals surface area contributed by atoms with Crippen molar-refractivity contribution in [1.82, 2.24) is 29.5 Å². The van der Waals surface area contributed by atoms with Crippen LogP contribution < -0.4 is 0 Å². The van der Waals surface area contributed by atoms with E-state index in [0.29, 0.717) is 17.6 Å².